The molecule has 2 amide bonds. The highest BCUT2D eigenvalue weighted by atomic mass is 19.1. The van der Waals surface area contributed by atoms with E-state index in [1.165, 1.54) is 24.3 Å². The van der Waals surface area contributed by atoms with Crippen LogP contribution < -0.4 is 15.4 Å². The lowest BCUT2D eigenvalue weighted by molar-refractivity contribution is -0.118. The van der Waals surface area contributed by atoms with E-state index in [0.29, 0.717) is 22.7 Å². The van der Waals surface area contributed by atoms with Gasteiger partial charge in [0.1, 0.15) is 11.6 Å². The van der Waals surface area contributed by atoms with Gasteiger partial charge in [-0.1, -0.05) is 24.3 Å². The van der Waals surface area contributed by atoms with Crippen LogP contribution in [0.4, 0.5) is 15.8 Å². The molecule has 0 aliphatic rings. The Balaban J connectivity index is 1.55. The summed E-state index contributed by atoms with van der Waals surface area (Å²) >= 11 is 0. The number of benzene rings is 3. The minimum absolute atomic E-state index is 0.215. The Bertz CT molecular complexity index is 928. The molecule has 2 N–H and O–H groups in total. The van der Waals surface area contributed by atoms with Crippen molar-refractivity contribution in [1.29, 1.82) is 0 Å². The van der Waals surface area contributed by atoms with Gasteiger partial charge in [0.25, 0.3) is 11.8 Å². The van der Waals surface area contributed by atoms with Gasteiger partial charge in [-0.25, -0.2) is 4.39 Å². The first-order chi connectivity index (χ1) is 13.1. The molecule has 5 nitrogen and oxygen atoms in total. The highest BCUT2D eigenvalue weighted by molar-refractivity contribution is 6.04. The number of halogens is 1. The van der Waals surface area contributed by atoms with Gasteiger partial charge in [-0.05, 0) is 48.5 Å². The first-order valence-electron chi connectivity index (χ1n) is 8.25. The summed E-state index contributed by atoms with van der Waals surface area (Å²) < 4.78 is 18.3. The summed E-state index contributed by atoms with van der Waals surface area (Å²) in [6.07, 6.45) is 0. The Morgan fingerprint density at radius 2 is 1.56 bits per heavy atom. The van der Waals surface area contributed by atoms with Gasteiger partial charge in [-0.2, -0.15) is 0 Å². The van der Waals surface area contributed by atoms with Crippen molar-refractivity contribution in [2.75, 3.05) is 17.2 Å². The molecule has 0 aliphatic heterocycles. The minimum Gasteiger partial charge on any atom is -0.484 e. The van der Waals surface area contributed by atoms with Crippen LogP contribution in [0, 0.1) is 5.82 Å². The molecule has 0 unspecified atom stereocenters. The number of carbonyl (C=O) groups excluding carboxylic acids is 2. The number of hydrogen-bond acceptors (Lipinski definition) is 3. The normalized spacial score (nSPS) is 10.1. The molecule has 0 aromatic heterocycles. The van der Waals surface area contributed by atoms with Crippen LogP contribution in [0.1, 0.15) is 10.4 Å². The Hall–Kier alpha value is -3.67. The molecule has 3 aromatic rings. The third-order valence-corrected chi connectivity index (χ3v) is 3.63. The van der Waals surface area contributed by atoms with Crippen LogP contribution in [0.3, 0.4) is 0 Å². The van der Waals surface area contributed by atoms with Crippen LogP contribution in [-0.4, -0.2) is 18.4 Å². The van der Waals surface area contributed by atoms with Gasteiger partial charge in [0.2, 0.25) is 0 Å². The maximum absolute atomic E-state index is 12.9. The zero-order valence-electron chi connectivity index (χ0n) is 14.3. The summed E-state index contributed by atoms with van der Waals surface area (Å²) in [5.74, 6) is -0.545. The Labute approximate surface area is 155 Å². The number of anilines is 2. The fourth-order valence-corrected chi connectivity index (χ4v) is 2.34. The highest BCUT2D eigenvalue weighted by Gasteiger charge is 2.07. The molecule has 0 saturated carbocycles. The van der Waals surface area contributed by atoms with Crippen molar-refractivity contribution in [3.8, 4) is 5.75 Å². The Morgan fingerprint density at radius 1 is 0.815 bits per heavy atom. The second-order valence-electron chi connectivity index (χ2n) is 5.69. The van der Waals surface area contributed by atoms with Crippen molar-refractivity contribution in [2.45, 2.75) is 0 Å². The van der Waals surface area contributed by atoms with Gasteiger partial charge in [0.15, 0.2) is 6.61 Å². The molecule has 27 heavy (non-hydrogen) atoms. The largest absolute Gasteiger partial charge is 0.484 e. The summed E-state index contributed by atoms with van der Waals surface area (Å²) in [7, 11) is 0. The molecule has 136 valence electrons. The quantitative estimate of drug-likeness (QED) is 0.692. The maximum Gasteiger partial charge on any atom is 0.262 e. The van der Waals surface area contributed by atoms with E-state index < -0.39 is 0 Å². The average Bonchev–Trinajstić information content (AvgIpc) is 2.69. The summed E-state index contributed by atoms with van der Waals surface area (Å²) in [6.45, 7) is -0.215. The Morgan fingerprint density at radius 3 is 2.30 bits per heavy atom. The summed E-state index contributed by atoms with van der Waals surface area (Å²) in [5.41, 5.74) is 1.58. The lowest BCUT2D eigenvalue weighted by Gasteiger charge is -2.10. The second kappa shape index (κ2) is 8.62. The van der Waals surface area contributed by atoms with Crippen LogP contribution >= 0.6 is 0 Å². The standard InChI is InChI=1S/C21H17FN2O3/c22-16-9-11-17(12-10-16)23-20(25)14-27-19-8-4-7-18(13-19)24-21(26)15-5-2-1-3-6-15/h1-13H,14H2,(H,23,25)(H,24,26). The van der Waals surface area contributed by atoms with Gasteiger partial charge >= 0.3 is 0 Å². The molecule has 3 rings (SSSR count). The van der Waals surface area contributed by atoms with Gasteiger partial charge in [-0.3, -0.25) is 9.59 Å². The zero-order valence-corrected chi connectivity index (χ0v) is 14.3. The molecule has 0 radical (unpaired) electrons. The minimum atomic E-state index is -0.376. The monoisotopic (exact) mass is 364 g/mol. The van der Waals surface area contributed by atoms with Crippen LogP contribution in [-0.2, 0) is 4.79 Å². The lowest BCUT2D eigenvalue weighted by Crippen LogP contribution is -2.20. The molecule has 0 bridgehead atoms. The van der Waals surface area contributed by atoms with E-state index in [4.69, 9.17) is 4.74 Å². The maximum atomic E-state index is 12.9. The van der Waals surface area contributed by atoms with Crippen LogP contribution in [0.25, 0.3) is 0 Å². The van der Waals surface area contributed by atoms with E-state index in [-0.39, 0.29) is 24.2 Å². The molecule has 0 saturated heterocycles. The van der Waals surface area contributed by atoms with Crippen LogP contribution in [0.2, 0.25) is 0 Å². The molecule has 0 atom stereocenters. The fourth-order valence-electron chi connectivity index (χ4n) is 2.34. The number of hydrogen-bond donors (Lipinski definition) is 2. The molecule has 6 heteroatoms. The molecule has 0 fully saturated rings. The number of nitrogens with one attached hydrogen (secondary N) is 2. The predicted molar refractivity (Wildman–Crippen MR) is 101 cm³/mol. The van der Waals surface area contributed by atoms with Gasteiger partial charge in [0, 0.05) is 23.0 Å². The fraction of sp³-hybridized carbons (Fsp3) is 0.0476. The molecular weight excluding hydrogens is 347 g/mol. The van der Waals surface area contributed by atoms with E-state index in [9.17, 15) is 14.0 Å². The molecule has 3 aromatic carbocycles. The van der Waals surface area contributed by atoms with Crippen molar-refractivity contribution >= 4 is 23.2 Å². The molecular formula is C21H17FN2O3. The first kappa shape index (κ1) is 18.1. The smallest absolute Gasteiger partial charge is 0.262 e. The van der Waals surface area contributed by atoms with Gasteiger partial charge in [-0.15, -0.1) is 0 Å². The summed E-state index contributed by atoms with van der Waals surface area (Å²) in [6, 6.07) is 21.1. The molecule has 0 aliphatic carbocycles. The second-order valence-corrected chi connectivity index (χ2v) is 5.69. The predicted octanol–water partition coefficient (Wildman–Crippen LogP) is 4.10. The highest BCUT2D eigenvalue weighted by Crippen LogP contribution is 2.18. The molecule has 0 spiro atoms. The van der Waals surface area contributed by atoms with Gasteiger partial charge in [0.05, 0.1) is 0 Å². The number of amides is 2. The first-order valence-corrected chi connectivity index (χ1v) is 8.25. The lowest BCUT2D eigenvalue weighted by atomic mass is 10.2. The number of rotatable bonds is 6. The topological polar surface area (TPSA) is 67.4 Å². The van der Waals surface area contributed by atoms with Crippen molar-refractivity contribution in [3.05, 3.63) is 90.2 Å². The van der Waals surface area contributed by atoms with Crippen LogP contribution in [0.15, 0.2) is 78.9 Å². The SMILES string of the molecule is O=C(COc1cccc(NC(=O)c2ccccc2)c1)Nc1ccc(F)cc1. The number of ether oxygens (including phenoxy) is 1. The zero-order chi connectivity index (χ0) is 19.1. The van der Waals surface area contributed by atoms with Crippen molar-refractivity contribution < 1.29 is 18.7 Å². The van der Waals surface area contributed by atoms with E-state index in [0.717, 1.165) is 0 Å². The van der Waals surface area contributed by atoms with Crippen molar-refractivity contribution in [1.82, 2.24) is 0 Å². The van der Waals surface area contributed by atoms with E-state index in [1.807, 2.05) is 6.07 Å². The molecule has 0 heterocycles. The van der Waals surface area contributed by atoms with E-state index >= 15 is 0 Å². The third kappa shape index (κ3) is 5.40. The Kier molecular flexibility index (Phi) is 5.79. The van der Waals surface area contributed by atoms with Crippen molar-refractivity contribution in [2.24, 2.45) is 0 Å². The van der Waals surface area contributed by atoms with E-state index in [2.05, 4.69) is 10.6 Å². The number of carbonyl (C=O) groups is 2. The van der Waals surface area contributed by atoms with Crippen molar-refractivity contribution in [3.63, 3.8) is 0 Å². The van der Waals surface area contributed by atoms with E-state index in [1.54, 1.807) is 48.5 Å². The average molecular weight is 364 g/mol. The summed E-state index contributed by atoms with van der Waals surface area (Å²) in [5, 5.41) is 5.38. The van der Waals surface area contributed by atoms with Gasteiger partial charge < -0.3 is 15.4 Å². The van der Waals surface area contributed by atoms with Crippen LogP contribution in [0.5, 0.6) is 5.75 Å². The third-order valence-electron chi connectivity index (χ3n) is 3.63. The summed E-state index contributed by atoms with van der Waals surface area (Å²) in [4.78, 5) is 24.1.